The first-order chi connectivity index (χ1) is 7.81. The standard InChI is InChI=1S/C13H17NO2/c15-7-13(8-16-9-13)6-10-1-2-12-11(5-10)3-4-14-12/h1-2,5,14-15H,3-4,6-9H2. The van der Waals surface area contributed by atoms with Gasteiger partial charge in [-0.15, -0.1) is 0 Å². The minimum Gasteiger partial charge on any atom is -0.396 e. The zero-order valence-electron chi connectivity index (χ0n) is 9.33. The third kappa shape index (κ3) is 1.60. The number of nitrogens with one attached hydrogen (secondary N) is 1. The Kier molecular flexibility index (Phi) is 2.37. The molecule has 3 nitrogen and oxygen atoms in total. The summed E-state index contributed by atoms with van der Waals surface area (Å²) in [5, 5.41) is 12.8. The lowest BCUT2D eigenvalue weighted by molar-refractivity contribution is -0.136. The summed E-state index contributed by atoms with van der Waals surface area (Å²) in [7, 11) is 0. The van der Waals surface area contributed by atoms with E-state index in [1.165, 1.54) is 16.8 Å². The normalized spacial score (nSPS) is 21.1. The monoisotopic (exact) mass is 219 g/mol. The van der Waals surface area contributed by atoms with Crippen LogP contribution in [0.5, 0.6) is 0 Å². The summed E-state index contributed by atoms with van der Waals surface area (Å²) in [5.74, 6) is 0. The van der Waals surface area contributed by atoms with Gasteiger partial charge in [-0.05, 0) is 30.0 Å². The molecule has 1 fully saturated rings. The highest BCUT2D eigenvalue weighted by Gasteiger charge is 2.38. The van der Waals surface area contributed by atoms with Crippen molar-refractivity contribution in [1.82, 2.24) is 0 Å². The van der Waals surface area contributed by atoms with Crippen molar-refractivity contribution in [2.45, 2.75) is 12.8 Å². The molecule has 0 spiro atoms. The molecule has 1 saturated heterocycles. The minimum absolute atomic E-state index is 0.0136. The second kappa shape index (κ2) is 3.75. The van der Waals surface area contributed by atoms with Crippen molar-refractivity contribution in [2.75, 3.05) is 31.7 Å². The van der Waals surface area contributed by atoms with Crippen molar-refractivity contribution in [3.63, 3.8) is 0 Å². The fraction of sp³-hybridized carbons (Fsp3) is 0.538. The fourth-order valence-corrected chi connectivity index (χ4v) is 2.54. The summed E-state index contributed by atoms with van der Waals surface area (Å²) in [6.45, 7) is 2.66. The summed E-state index contributed by atoms with van der Waals surface area (Å²) in [6, 6.07) is 6.58. The molecule has 0 aliphatic carbocycles. The van der Waals surface area contributed by atoms with Gasteiger partial charge in [-0.2, -0.15) is 0 Å². The minimum atomic E-state index is -0.0136. The van der Waals surface area contributed by atoms with Crippen LogP contribution in [0.15, 0.2) is 18.2 Å². The Bertz CT molecular complexity index is 393. The van der Waals surface area contributed by atoms with Crippen LogP contribution in [0.3, 0.4) is 0 Å². The number of rotatable bonds is 3. The molecular formula is C13H17NO2. The molecule has 0 aromatic heterocycles. The third-order valence-electron chi connectivity index (χ3n) is 3.61. The van der Waals surface area contributed by atoms with E-state index in [-0.39, 0.29) is 12.0 Å². The Morgan fingerprint density at radius 1 is 1.38 bits per heavy atom. The highest BCUT2D eigenvalue weighted by molar-refractivity contribution is 5.56. The Labute approximate surface area is 95.4 Å². The maximum atomic E-state index is 9.40. The second-order valence-electron chi connectivity index (χ2n) is 5.00. The summed E-state index contributed by atoms with van der Waals surface area (Å²) in [5.41, 5.74) is 3.98. The number of ether oxygens (including phenoxy) is 1. The van der Waals surface area contributed by atoms with Gasteiger partial charge in [0.25, 0.3) is 0 Å². The van der Waals surface area contributed by atoms with Crippen LogP contribution in [-0.2, 0) is 17.6 Å². The predicted molar refractivity (Wildman–Crippen MR) is 62.7 cm³/mol. The molecule has 0 unspecified atom stereocenters. The molecule has 86 valence electrons. The van der Waals surface area contributed by atoms with Crippen molar-refractivity contribution < 1.29 is 9.84 Å². The van der Waals surface area contributed by atoms with E-state index in [9.17, 15) is 5.11 Å². The van der Waals surface area contributed by atoms with Gasteiger partial charge in [-0.25, -0.2) is 0 Å². The Morgan fingerprint density at radius 3 is 2.94 bits per heavy atom. The first-order valence-electron chi connectivity index (χ1n) is 5.86. The lowest BCUT2D eigenvalue weighted by Gasteiger charge is -2.40. The third-order valence-corrected chi connectivity index (χ3v) is 3.61. The molecule has 1 aromatic rings. The van der Waals surface area contributed by atoms with Crippen molar-refractivity contribution in [2.24, 2.45) is 5.41 Å². The molecule has 3 rings (SSSR count). The number of aliphatic hydroxyl groups is 1. The van der Waals surface area contributed by atoms with E-state index >= 15 is 0 Å². The summed E-state index contributed by atoms with van der Waals surface area (Å²) in [6.07, 6.45) is 2.04. The zero-order valence-corrected chi connectivity index (χ0v) is 9.33. The van der Waals surface area contributed by atoms with E-state index in [0.29, 0.717) is 13.2 Å². The number of fused-ring (bicyclic) bond motifs is 1. The van der Waals surface area contributed by atoms with Crippen LogP contribution >= 0.6 is 0 Å². The molecule has 0 radical (unpaired) electrons. The van der Waals surface area contributed by atoms with E-state index in [0.717, 1.165) is 19.4 Å². The SMILES string of the molecule is OCC1(Cc2ccc3c(c2)CCN3)COC1. The number of aliphatic hydroxyl groups excluding tert-OH is 1. The number of benzene rings is 1. The first kappa shape index (κ1) is 10.1. The molecule has 16 heavy (non-hydrogen) atoms. The van der Waals surface area contributed by atoms with E-state index < -0.39 is 0 Å². The van der Waals surface area contributed by atoms with Gasteiger partial charge in [0.1, 0.15) is 0 Å². The highest BCUT2D eigenvalue weighted by Crippen LogP contribution is 2.33. The lowest BCUT2D eigenvalue weighted by atomic mass is 9.80. The summed E-state index contributed by atoms with van der Waals surface area (Å²) < 4.78 is 5.22. The Morgan fingerprint density at radius 2 is 2.25 bits per heavy atom. The molecule has 0 amide bonds. The average Bonchev–Trinajstić information content (AvgIpc) is 2.70. The Hall–Kier alpha value is -1.06. The fourth-order valence-electron chi connectivity index (χ4n) is 2.54. The number of hydrogen-bond donors (Lipinski definition) is 2. The predicted octanol–water partition coefficient (Wildman–Crippen LogP) is 1.21. The number of hydrogen-bond acceptors (Lipinski definition) is 3. The van der Waals surface area contributed by atoms with Crippen molar-refractivity contribution in [1.29, 1.82) is 0 Å². The second-order valence-corrected chi connectivity index (χ2v) is 5.00. The summed E-state index contributed by atoms with van der Waals surface area (Å²) in [4.78, 5) is 0. The molecule has 3 heteroatoms. The van der Waals surface area contributed by atoms with Gasteiger partial charge in [-0.1, -0.05) is 12.1 Å². The smallest absolute Gasteiger partial charge is 0.0570 e. The zero-order chi connectivity index (χ0) is 11.0. The molecule has 2 N–H and O–H groups in total. The first-order valence-corrected chi connectivity index (χ1v) is 5.86. The van der Waals surface area contributed by atoms with Gasteiger partial charge >= 0.3 is 0 Å². The van der Waals surface area contributed by atoms with Crippen LogP contribution < -0.4 is 5.32 Å². The summed E-state index contributed by atoms with van der Waals surface area (Å²) >= 11 is 0. The Balaban J connectivity index is 1.80. The van der Waals surface area contributed by atoms with E-state index in [1.807, 2.05) is 0 Å². The quantitative estimate of drug-likeness (QED) is 0.802. The van der Waals surface area contributed by atoms with Gasteiger partial charge in [0.05, 0.1) is 19.8 Å². The van der Waals surface area contributed by atoms with Crippen LogP contribution in [0, 0.1) is 5.41 Å². The van der Waals surface area contributed by atoms with E-state index in [2.05, 4.69) is 23.5 Å². The maximum absolute atomic E-state index is 9.40. The molecule has 2 heterocycles. The molecule has 0 bridgehead atoms. The van der Waals surface area contributed by atoms with Crippen LogP contribution in [0.1, 0.15) is 11.1 Å². The van der Waals surface area contributed by atoms with Crippen molar-refractivity contribution >= 4 is 5.69 Å². The topological polar surface area (TPSA) is 41.5 Å². The number of anilines is 1. The van der Waals surface area contributed by atoms with Gasteiger partial charge in [-0.3, -0.25) is 0 Å². The van der Waals surface area contributed by atoms with Gasteiger partial charge in [0.15, 0.2) is 0 Å². The molecular weight excluding hydrogens is 202 g/mol. The van der Waals surface area contributed by atoms with E-state index in [4.69, 9.17) is 4.74 Å². The maximum Gasteiger partial charge on any atom is 0.0570 e. The lowest BCUT2D eigenvalue weighted by Crippen LogP contribution is -2.47. The molecule has 2 aliphatic rings. The molecule has 1 aromatic carbocycles. The highest BCUT2D eigenvalue weighted by atomic mass is 16.5. The van der Waals surface area contributed by atoms with Gasteiger partial charge < -0.3 is 15.2 Å². The van der Waals surface area contributed by atoms with Crippen molar-refractivity contribution in [3.8, 4) is 0 Å². The van der Waals surface area contributed by atoms with Gasteiger partial charge in [0, 0.05) is 17.6 Å². The van der Waals surface area contributed by atoms with Crippen molar-refractivity contribution in [3.05, 3.63) is 29.3 Å². The van der Waals surface area contributed by atoms with Crippen LogP contribution in [0.4, 0.5) is 5.69 Å². The van der Waals surface area contributed by atoms with Crippen LogP contribution in [0.25, 0.3) is 0 Å². The van der Waals surface area contributed by atoms with E-state index in [1.54, 1.807) is 0 Å². The molecule has 2 aliphatic heterocycles. The average molecular weight is 219 g/mol. The molecule has 0 atom stereocenters. The van der Waals surface area contributed by atoms with Gasteiger partial charge in [0.2, 0.25) is 0 Å². The van der Waals surface area contributed by atoms with Crippen LogP contribution in [-0.4, -0.2) is 31.5 Å². The molecule has 0 saturated carbocycles. The largest absolute Gasteiger partial charge is 0.396 e. The van der Waals surface area contributed by atoms with Crippen LogP contribution in [0.2, 0.25) is 0 Å².